The van der Waals surface area contributed by atoms with Crippen LogP contribution in [0.15, 0.2) is 30.3 Å². The van der Waals surface area contributed by atoms with Crippen molar-refractivity contribution in [2.45, 2.75) is 13.1 Å². The number of piperazine rings is 1. The fourth-order valence-electron chi connectivity index (χ4n) is 2.69. The van der Waals surface area contributed by atoms with Gasteiger partial charge in [-0.1, -0.05) is 11.6 Å². The van der Waals surface area contributed by atoms with Crippen molar-refractivity contribution in [3.8, 4) is 0 Å². The van der Waals surface area contributed by atoms with Crippen LogP contribution in [0.4, 0.5) is 29.5 Å². The molecule has 0 spiro atoms. The first-order chi connectivity index (χ1) is 12.7. The van der Waals surface area contributed by atoms with Crippen LogP contribution in [0, 0.1) is 6.92 Å². The zero-order valence-corrected chi connectivity index (χ0v) is 15.2. The van der Waals surface area contributed by atoms with Crippen LogP contribution in [0.1, 0.15) is 11.1 Å². The van der Waals surface area contributed by atoms with E-state index in [0.717, 1.165) is 17.7 Å². The van der Waals surface area contributed by atoms with Gasteiger partial charge in [0.2, 0.25) is 0 Å². The van der Waals surface area contributed by atoms with Crippen molar-refractivity contribution in [1.82, 2.24) is 15.1 Å². The molecule has 0 saturated carbocycles. The number of aromatic nitrogens is 2. The average molecular weight is 400 g/mol. The van der Waals surface area contributed by atoms with Crippen molar-refractivity contribution in [2.24, 2.45) is 0 Å². The highest BCUT2D eigenvalue weighted by atomic mass is 35.5. The van der Waals surface area contributed by atoms with Gasteiger partial charge in [-0.2, -0.15) is 13.2 Å². The summed E-state index contributed by atoms with van der Waals surface area (Å²) in [5.41, 5.74) is 0.382. The summed E-state index contributed by atoms with van der Waals surface area (Å²) in [5, 5.41) is 10.9. The SMILES string of the molecule is Cc1cc(N2CCN(C(=O)Nc3ccc(C(F)(F)F)cc3)CC2)nnc1Cl. The van der Waals surface area contributed by atoms with Crippen molar-refractivity contribution in [3.05, 3.63) is 46.6 Å². The number of benzene rings is 1. The normalized spacial score (nSPS) is 15.0. The van der Waals surface area contributed by atoms with Crippen LogP contribution in [0.25, 0.3) is 0 Å². The summed E-state index contributed by atoms with van der Waals surface area (Å²) in [6.45, 7) is 3.88. The summed E-state index contributed by atoms with van der Waals surface area (Å²) in [7, 11) is 0. The molecule has 1 fully saturated rings. The topological polar surface area (TPSA) is 61.4 Å². The predicted molar refractivity (Wildman–Crippen MR) is 96.0 cm³/mol. The number of alkyl halides is 3. The van der Waals surface area contributed by atoms with Crippen LogP contribution in [-0.2, 0) is 6.18 Å². The molecular weight excluding hydrogens is 383 g/mol. The van der Waals surface area contributed by atoms with E-state index >= 15 is 0 Å². The van der Waals surface area contributed by atoms with E-state index in [0.29, 0.717) is 42.8 Å². The Bertz CT molecular complexity index is 820. The van der Waals surface area contributed by atoms with Gasteiger partial charge in [-0.3, -0.25) is 0 Å². The zero-order valence-electron chi connectivity index (χ0n) is 14.4. The minimum absolute atomic E-state index is 0.314. The molecule has 1 N–H and O–H groups in total. The van der Waals surface area contributed by atoms with Crippen molar-refractivity contribution in [3.63, 3.8) is 0 Å². The van der Waals surface area contributed by atoms with E-state index in [4.69, 9.17) is 11.6 Å². The van der Waals surface area contributed by atoms with Crippen LogP contribution in [-0.4, -0.2) is 47.3 Å². The number of carbonyl (C=O) groups is 1. The first kappa shape index (κ1) is 19.2. The quantitative estimate of drug-likeness (QED) is 0.834. The van der Waals surface area contributed by atoms with Gasteiger partial charge in [0.1, 0.15) is 0 Å². The number of hydrogen-bond acceptors (Lipinski definition) is 4. The third kappa shape index (κ3) is 4.60. The maximum Gasteiger partial charge on any atom is 0.416 e. The maximum absolute atomic E-state index is 12.6. The molecule has 1 aromatic heterocycles. The first-order valence-electron chi connectivity index (χ1n) is 8.22. The van der Waals surface area contributed by atoms with E-state index in [1.807, 2.05) is 17.9 Å². The Kier molecular flexibility index (Phi) is 5.41. The van der Waals surface area contributed by atoms with Gasteiger partial charge in [0.05, 0.1) is 5.56 Å². The molecule has 0 aliphatic carbocycles. The Balaban J connectivity index is 1.56. The lowest BCUT2D eigenvalue weighted by Crippen LogP contribution is -2.50. The number of rotatable bonds is 2. The molecule has 1 aliphatic rings. The summed E-state index contributed by atoms with van der Waals surface area (Å²) >= 11 is 5.88. The number of carbonyl (C=O) groups excluding carboxylic acids is 1. The Hall–Kier alpha value is -2.55. The standard InChI is InChI=1S/C17H17ClF3N5O/c1-11-10-14(23-24-15(11)18)25-6-8-26(9-7-25)16(27)22-13-4-2-12(3-5-13)17(19,20)21/h2-5,10H,6-9H2,1H3,(H,22,27). The number of nitrogens with one attached hydrogen (secondary N) is 1. The molecule has 0 bridgehead atoms. The van der Waals surface area contributed by atoms with Crippen molar-refractivity contribution < 1.29 is 18.0 Å². The van der Waals surface area contributed by atoms with Gasteiger partial charge in [0.15, 0.2) is 11.0 Å². The third-order valence-corrected chi connectivity index (χ3v) is 4.64. The zero-order chi connectivity index (χ0) is 19.6. The van der Waals surface area contributed by atoms with E-state index < -0.39 is 11.7 Å². The number of anilines is 2. The molecule has 2 aromatic rings. The Morgan fingerprint density at radius 1 is 1.11 bits per heavy atom. The van der Waals surface area contributed by atoms with Crippen molar-refractivity contribution in [1.29, 1.82) is 0 Å². The van der Waals surface area contributed by atoms with E-state index in [1.165, 1.54) is 12.1 Å². The molecule has 27 heavy (non-hydrogen) atoms. The lowest BCUT2D eigenvalue weighted by Gasteiger charge is -2.35. The number of nitrogens with zero attached hydrogens (tertiary/aromatic N) is 4. The molecule has 1 aliphatic heterocycles. The Morgan fingerprint density at radius 3 is 2.30 bits per heavy atom. The predicted octanol–water partition coefficient (Wildman–Crippen LogP) is 3.81. The van der Waals surface area contributed by atoms with Crippen LogP contribution >= 0.6 is 11.6 Å². The number of hydrogen-bond donors (Lipinski definition) is 1. The highest BCUT2D eigenvalue weighted by Crippen LogP contribution is 2.29. The highest BCUT2D eigenvalue weighted by molar-refractivity contribution is 6.30. The monoisotopic (exact) mass is 399 g/mol. The molecule has 1 aromatic carbocycles. The van der Waals surface area contributed by atoms with Crippen molar-refractivity contribution in [2.75, 3.05) is 36.4 Å². The molecule has 2 heterocycles. The summed E-state index contributed by atoms with van der Waals surface area (Å²) in [6, 6.07) is 5.84. The van der Waals surface area contributed by atoms with E-state index in [9.17, 15) is 18.0 Å². The Labute approximate surface area is 158 Å². The van der Waals surface area contributed by atoms with Gasteiger partial charge in [0, 0.05) is 31.9 Å². The molecule has 144 valence electrons. The van der Waals surface area contributed by atoms with Gasteiger partial charge in [0.25, 0.3) is 0 Å². The van der Waals surface area contributed by atoms with Gasteiger partial charge in [-0.05, 0) is 42.8 Å². The summed E-state index contributed by atoms with van der Waals surface area (Å²) < 4.78 is 37.7. The summed E-state index contributed by atoms with van der Waals surface area (Å²) in [5.74, 6) is 0.694. The van der Waals surface area contributed by atoms with Crippen LogP contribution < -0.4 is 10.2 Å². The van der Waals surface area contributed by atoms with Gasteiger partial charge in [-0.25, -0.2) is 4.79 Å². The summed E-state index contributed by atoms with van der Waals surface area (Å²) in [4.78, 5) is 15.9. The largest absolute Gasteiger partial charge is 0.416 e. The number of urea groups is 1. The molecule has 10 heteroatoms. The molecule has 0 unspecified atom stereocenters. The lowest BCUT2D eigenvalue weighted by molar-refractivity contribution is -0.137. The third-order valence-electron chi connectivity index (χ3n) is 4.27. The van der Waals surface area contributed by atoms with Gasteiger partial charge in [-0.15, -0.1) is 10.2 Å². The van der Waals surface area contributed by atoms with Crippen LogP contribution in [0.3, 0.4) is 0 Å². The molecule has 0 atom stereocenters. The number of amides is 2. The van der Waals surface area contributed by atoms with Crippen LogP contribution in [0.2, 0.25) is 5.15 Å². The van der Waals surface area contributed by atoms with E-state index in [-0.39, 0.29) is 6.03 Å². The lowest BCUT2D eigenvalue weighted by atomic mass is 10.2. The van der Waals surface area contributed by atoms with E-state index in [1.54, 1.807) is 4.90 Å². The maximum atomic E-state index is 12.6. The number of aryl methyl sites for hydroxylation is 1. The fourth-order valence-corrected chi connectivity index (χ4v) is 2.79. The average Bonchev–Trinajstić information content (AvgIpc) is 2.64. The molecular formula is C17H17ClF3N5O. The number of halogens is 4. The second-order valence-corrected chi connectivity index (χ2v) is 6.51. The second-order valence-electron chi connectivity index (χ2n) is 6.16. The minimum atomic E-state index is -4.40. The molecule has 0 radical (unpaired) electrons. The van der Waals surface area contributed by atoms with Crippen LogP contribution in [0.5, 0.6) is 0 Å². The Morgan fingerprint density at radius 2 is 1.74 bits per heavy atom. The highest BCUT2D eigenvalue weighted by Gasteiger charge is 2.30. The molecule has 2 amide bonds. The van der Waals surface area contributed by atoms with Gasteiger partial charge < -0.3 is 15.1 Å². The van der Waals surface area contributed by atoms with E-state index in [2.05, 4.69) is 15.5 Å². The smallest absolute Gasteiger partial charge is 0.352 e. The fraction of sp³-hybridized carbons (Fsp3) is 0.353. The molecule has 3 rings (SSSR count). The first-order valence-corrected chi connectivity index (χ1v) is 8.60. The van der Waals surface area contributed by atoms with Crippen molar-refractivity contribution >= 4 is 29.1 Å². The minimum Gasteiger partial charge on any atom is -0.352 e. The second kappa shape index (κ2) is 7.59. The molecule has 1 saturated heterocycles. The van der Waals surface area contributed by atoms with Gasteiger partial charge >= 0.3 is 12.2 Å². The summed E-state index contributed by atoms with van der Waals surface area (Å²) in [6.07, 6.45) is -4.40. The molecule has 6 nitrogen and oxygen atoms in total.